The SMILES string of the molecule is Cn1cc(Br)c(O[C@H]2CC[C@H](NC(=O)C34CC(N)(C3)C4)CC2)cc1=O. The molecule has 1 amide bonds. The Bertz CT molecular complexity index is 748. The van der Waals surface area contributed by atoms with Gasteiger partial charge in [-0.05, 0) is 60.9 Å². The fourth-order valence-corrected chi connectivity index (χ4v) is 5.14. The molecule has 7 heteroatoms. The fraction of sp³-hybridized carbons (Fsp3) is 0.667. The number of carbonyl (C=O) groups is 1. The van der Waals surface area contributed by atoms with Crippen molar-refractivity contribution in [2.45, 2.75) is 62.6 Å². The number of nitrogens with two attached hydrogens (primary N) is 1. The van der Waals surface area contributed by atoms with Crippen LogP contribution in [0.2, 0.25) is 0 Å². The standard InChI is InChI=1S/C18H24BrN3O3/c1-22-7-13(19)14(6-15(22)23)25-12-4-2-11(3-5-12)21-16(24)17-8-18(20,9-17)10-17/h6-7,11-12H,2-5,8-10,20H2,1H3,(H,21,24)/t11-,12-,17?,18?. The number of pyridine rings is 1. The molecule has 0 spiro atoms. The Labute approximate surface area is 155 Å². The highest BCUT2D eigenvalue weighted by Crippen LogP contribution is 2.65. The zero-order valence-corrected chi connectivity index (χ0v) is 16.0. The van der Waals surface area contributed by atoms with E-state index in [1.165, 1.54) is 10.6 Å². The van der Waals surface area contributed by atoms with Crippen LogP contribution in [0.5, 0.6) is 5.75 Å². The number of aromatic nitrogens is 1. The molecule has 1 heterocycles. The van der Waals surface area contributed by atoms with Crippen molar-refractivity contribution >= 4 is 21.8 Å². The molecule has 0 aromatic carbocycles. The second-order valence-corrected chi connectivity index (χ2v) is 9.03. The van der Waals surface area contributed by atoms with E-state index in [9.17, 15) is 9.59 Å². The molecule has 4 aliphatic rings. The Morgan fingerprint density at radius 1 is 1.32 bits per heavy atom. The molecule has 25 heavy (non-hydrogen) atoms. The van der Waals surface area contributed by atoms with Crippen LogP contribution >= 0.6 is 15.9 Å². The summed E-state index contributed by atoms with van der Waals surface area (Å²) in [5, 5.41) is 3.22. The number of nitrogens with one attached hydrogen (secondary N) is 1. The van der Waals surface area contributed by atoms with Crippen LogP contribution in [0.4, 0.5) is 0 Å². The molecule has 1 aromatic heterocycles. The van der Waals surface area contributed by atoms with E-state index in [2.05, 4.69) is 21.2 Å². The third-order valence-corrected chi connectivity index (χ3v) is 6.60. The van der Waals surface area contributed by atoms with Gasteiger partial charge in [0.25, 0.3) is 5.56 Å². The Hall–Kier alpha value is -1.34. The quantitative estimate of drug-likeness (QED) is 0.793. The van der Waals surface area contributed by atoms with Gasteiger partial charge in [-0.25, -0.2) is 0 Å². The second-order valence-electron chi connectivity index (χ2n) is 8.17. The van der Waals surface area contributed by atoms with Crippen LogP contribution in [0.25, 0.3) is 0 Å². The third-order valence-electron chi connectivity index (χ3n) is 6.00. The lowest BCUT2D eigenvalue weighted by Gasteiger charge is -2.67. The minimum absolute atomic E-state index is 0.0387. The summed E-state index contributed by atoms with van der Waals surface area (Å²) in [5.41, 5.74) is 5.76. The lowest BCUT2D eigenvalue weighted by Crippen LogP contribution is -2.76. The summed E-state index contributed by atoms with van der Waals surface area (Å²) >= 11 is 3.45. The van der Waals surface area contributed by atoms with Crippen molar-refractivity contribution in [2.24, 2.45) is 18.2 Å². The van der Waals surface area contributed by atoms with E-state index >= 15 is 0 Å². The predicted octanol–water partition coefficient (Wildman–Crippen LogP) is 1.84. The number of aryl methyl sites for hydroxylation is 1. The monoisotopic (exact) mass is 409 g/mol. The molecular formula is C18H24BrN3O3. The first-order valence-electron chi connectivity index (χ1n) is 8.91. The first kappa shape index (κ1) is 17.1. The predicted molar refractivity (Wildman–Crippen MR) is 97.4 cm³/mol. The maximum atomic E-state index is 12.4. The van der Waals surface area contributed by atoms with Crippen molar-refractivity contribution in [3.8, 4) is 5.75 Å². The number of carbonyl (C=O) groups excluding carboxylic acids is 1. The zero-order chi connectivity index (χ0) is 17.8. The molecule has 0 saturated heterocycles. The van der Waals surface area contributed by atoms with Crippen LogP contribution < -0.4 is 21.3 Å². The highest BCUT2D eigenvalue weighted by atomic mass is 79.9. The lowest BCUT2D eigenvalue weighted by atomic mass is 9.39. The van der Waals surface area contributed by atoms with Gasteiger partial charge in [0, 0.05) is 30.9 Å². The molecule has 4 saturated carbocycles. The summed E-state index contributed by atoms with van der Waals surface area (Å²) < 4.78 is 8.30. The molecule has 6 nitrogen and oxygen atoms in total. The van der Waals surface area contributed by atoms with Crippen LogP contribution in [0.15, 0.2) is 21.5 Å². The van der Waals surface area contributed by atoms with Gasteiger partial charge in [-0.1, -0.05) is 0 Å². The van der Waals surface area contributed by atoms with Gasteiger partial charge < -0.3 is 20.4 Å². The van der Waals surface area contributed by atoms with Gasteiger partial charge in [0.2, 0.25) is 5.91 Å². The number of nitrogens with zero attached hydrogens (tertiary/aromatic N) is 1. The molecule has 3 N–H and O–H groups in total. The molecular weight excluding hydrogens is 386 g/mol. The molecule has 0 aliphatic heterocycles. The average Bonchev–Trinajstić information content (AvgIpc) is 2.50. The van der Waals surface area contributed by atoms with Crippen LogP contribution in [0, 0.1) is 5.41 Å². The summed E-state index contributed by atoms with van der Waals surface area (Å²) in [6.07, 6.45) is 7.91. The van der Waals surface area contributed by atoms with Crippen molar-refractivity contribution in [2.75, 3.05) is 0 Å². The highest BCUT2D eigenvalue weighted by Gasteiger charge is 2.69. The lowest BCUT2D eigenvalue weighted by molar-refractivity contribution is -0.173. The van der Waals surface area contributed by atoms with Crippen LogP contribution in [-0.4, -0.2) is 28.2 Å². The molecule has 1 aromatic rings. The van der Waals surface area contributed by atoms with Gasteiger partial charge in [-0.3, -0.25) is 9.59 Å². The zero-order valence-electron chi connectivity index (χ0n) is 14.4. The summed E-state index contributed by atoms with van der Waals surface area (Å²) in [4.78, 5) is 24.2. The molecule has 2 bridgehead atoms. The highest BCUT2D eigenvalue weighted by molar-refractivity contribution is 9.10. The summed E-state index contributed by atoms with van der Waals surface area (Å²) in [6, 6.07) is 1.74. The Kier molecular flexibility index (Phi) is 3.99. The number of amides is 1. The van der Waals surface area contributed by atoms with Crippen molar-refractivity contribution in [3.63, 3.8) is 0 Å². The van der Waals surface area contributed by atoms with E-state index in [-0.39, 0.29) is 34.6 Å². The van der Waals surface area contributed by atoms with E-state index in [1.807, 2.05) is 0 Å². The van der Waals surface area contributed by atoms with Gasteiger partial charge in [0.05, 0.1) is 16.0 Å². The van der Waals surface area contributed by atoms with Gasteiger partial charge in [-0.2, -0.15) is 0 Å². The Balaban J connectivity index is 1.28. The number of hydrogen-bond donors (Lipinski definition) is 2. The smallest absolute Gasteiger partial charge is 0.254 e. The van der Waals surface area contributed by atoms with Crippen molar-refractivity contribution in [1.29, 1.82) is 0 Å². The van der Waals surface area contributed by atoms with Crippen molar-refractivity contribution < 1.29 is 9.53 Å². The first-order valence-corrected chi connectivity index (χ1v) is 9.71. The van der Waals surface area contributed by atoms with Crippen LogP contribution in [0.3, 0.4) is 0 Å². The van der Waals surface area contributed by atoms with Crippen LogP contribution in [0.1, 0.15) is 44.9 Å². The van der Waals surface area contributed by atoms with Gasteiger partial charge in [0.1, 0.15) is 5.75 Å². The Morgan fingerprint density at radius 2 is 1.96 bits per heavy atom. The molecule has 4 fully saturated rings. The van der Waals surface area contributed by atoms with E-state index < -0.39 is 0 Å². The second kappa shape index (κ2) is 5.84. The fourth-order valence-electron chi connectivity index (χ4n) is 4.62. The van der Waals surface area contributed by atoms with Gasteiger partial charge in [-0.15, -0.1) is 0 Å². The van der Waals surface area contributed by atoms with Crippen molar-refractivity contribution in [1.82, 2.24) is 9.88 Å². The normalized spacial score (nSPS) is 36.1. The number of rotatable bonds is 4. The first-order chi connectivity index (χ1) is 11.8. The molecule has 5 rings (SSSR count). The Morgan fingerprint density at radius 3 is 2.56 bits per heavy atom. The molecule has 136 valence electrons. The van der Waals surface area contributed by atoms with E-state index in [0.29, 0.717) is 5.75 Å². The topological polar surface area (TPSA) is 86.3 Å². The number of halogens is 1. The molecule has 0 radical (unpaired) electrons. The van der Waals surface area contributed by atoms with E-state index in [4.69, 9.17) is 10.5 Å². The maximum absolute atomic E-state index is 12.4. The van der Waals surface area contributed by atoms with E-state index in [0.717, 1.165) is 49.4 Å². The summed E-state index contributed by atoms with van der Waals surface area (Å²) in [5.74, 6) is 0.788. The van der Waals surface area contributed by atoms with Crippen molar-refractivity contribution in [3.05, 3.63) is 27.1 Å². The number of ether oxygens (including phenoxy) is 1. The summed E-state index contributed by atoms with van der Waals surface area (Å²) in [6.45, 7) is 0. The minimum atomic E-state index is -0.156. The van der Waals surface area contributed by atoms with Gasteiger partial charge >= 0.3 is 0 Å². The molecule has 0 unspecified atom stereocenters. The molecule has 0 atom stereocenters. The largest absolute Gasteiger partial charge is 0.489 e. The molecule has 4 aliphatic carbocycles. The summed E-state index contributed by atoms with van der Waals surface area (Å²) in [7, 11) is 1.71. The maximum Gasteiger partial charge on any atom is 0.254 e. The average molecular weight is 410 g/mol. The van der Waals surface area contributed by atoms with Gasteiger partial charge in [0.15, 0.2) is 0 Å². The minimum Gasteiger partial charge on any atom is -0.489 e. The van der Waals surface area contributed by atoms with E-state index in [1.54, 1.807) is 13.2 Å². The number of hydrogen-bond acceptors (Lipinski definition) is 4. The van der Waals surface area contributed by atoms with Crippen LogP contribution in [-0.2, 0) is 11.8 Å². The third kappa shape index (κ3) is 3.01.